The van der Waals surface area contributed by atoms with Gasteiger partial charge in [-0.2, -0.15) is 5.10 Å². The van der Waals surface area contributed by atoms with E-state index in [0.29, 0.717) is 10.5 Å². The van der Waals surface area contributed by atoms with Crippen LogP contribution in [0.4, 0.5) is 5.69 Å². The zero-order valence-electron chi connectivity index (χ0n) is 10.3. The molecule has 96 valence electrons. The predicted molar refractivity (Wildman–Crippen MR) is 75.5 cm³/mol. The molecule has 0 bridgehead atoms. The average molecular weight is 310 g/mol. The van der Waals surface area contributed by atoms with Gasteiger partial charge in [-0.1, -0.05) is 12.8 Å². The van der Waals surface area contributed by atoms with Crippen molar-refractivity contribution >= 4 is 21.6 Å². The molecule has 1 heterocycles. The molecule has 2 atom stereocenters. The Hall–Kier alpha value is -1.28. The molecule has 1 saturated carbocycles. The summed E-state index contributed by atoms with van der Waals surface area (Å²) in [5, 5.41) is 7.43. The molecule has 0 saturated heterocycles. The fraction of sp³-hybridized carbons (Fsp3) is 0.538. The van der Waals surface area contributed by atoms with Gasteiger partial charge in [-0.05, 0) is 41.1 Å². The van der Waals surface area contributed by atoms with Crippen molar-refractivity contribution in [3.05, 3.63) is 21.0 Å². The summed E-state index contributed by atoms with van der Waals surface area (Å²) in [6.07, 6.45) is 10.4. The number of anilines is 1. The normalized spacial score (nSPS) is 22.7. The molecule has 1 aromatic rings. The Bertz CT molecular complexity index is 532. The van der Waals surface area contributed by atoms with Gasteiger partial charge in [0.1, 0.15) is 11.0 Å². The maximum atomic E-state index is 11.9. The molecule has 1 aliphatic carbocycles. The van der Waals surface area contributed by atoms with Gasteiger partial charge in [0, 0.05) is 6.04 Å². The summed E-state index contributed by atoms with van der Waals surface area (Å²) >= 11 is 3.32. The van der Waals surface area contributed by atoms with Crippen molar-refractivity contribution in [3.8, 4) is 12.3 Å². The molecule has 0 aromatic carbocycles. The van der Waals surface area contributed by atoms with Gasteiger partial charge >= 0.3 is 0 Å². The average Bonchev–Trinajstić information content (AvgIpc) is 2.75. The third-order valence-corrected chi connectivity index (χ3v) is 4.05. The third kappa shape index (κ3) is 2.75. The van der Waals surface area contributed by atoms with Gasteiger partial charge < -0.3 is 5.32 Å². The van der Waals surface area contributed by atoms with Gasteiger partial charge in [-0.25, -0.2) is 4.68 Å². The number of halogens is 1. The van der Waals surface area contributed by atoms with Crippen LogP contribution in [0.1, 0.15) is 26.2 Å². The number of terminal acetylenes is 1. The third-order valence-electron chi connectivity index (χ3n) is 3.28. The van der Waals surface area contributed by atoms with Crippen LogP contribution in [0.2, 0.25) is 0 Å². The smallest absolute Gasteiger partial charge is 0.284 e. The number of hydrogen-bond acceptors (Lipinski definition) is 3. The van der Waals surface area contributed by atoms with Crippen molar-refractivity contribution in [1.82, 2.24) is 9.78 Å². The molecule has 2 rings (SSSR count). The molecule has 4 nitrogen and oxygen atoms in total. The molecule has 1 aromatic heterocycles. The topological polar surface area (TPSA) is 46.9 Å². The molecule has 18 heavy (non-hydrogen) atoms. The van der Waals surface area contributed by atoms with Crippen molar-refractivity contribution in [1.29, 1.82) is 0 Å². The van der Waals surface area contributed by atoms with Crippen molar-refractivity contribution in [2.24, 2.45) is 5.92 Å². The minimum Gasteiger partial charge on any atom is -0.380 e. The highest BCUT2D eigenvalue weighted by atomic mass is 79.9. The lowest BCUT2D eigenvalue weighted by Gasteiger charge is -2.15. The van der Waals surface area contributed by atoms with Crippen molar-refractivity contribution in [3.63, 3.8) is 0 Å². The van der Waals surface area contributed by atoms with E-state index in [2.05, 4.69) is 39.2 Å². The van der Waals surface area contributed by atoms with E-state index in [1.807, 2.05) is 0 Å². The molecule has 0 radical (unpaired) electrons. The van der Waals surface area contributed by atoms with E-state index in [-0.39, 0.29) is 12.1 Å². The zero-order chi connectivity index (χ0) is 13.1. The molecule has 0 amide bonds. The first-order valence-electron chi connectivity index (χ1n) is 6.07. The minimum atomic E-state index is -0.191. The number of aromatic nitrogens is 2. The van der Waals surface area contributed by atoms with Gasteiger partial charge in [-0.3, -0.25) is 4.79 Å². The largest absolute Gasteiger partial charge is 0.380 e. The molecule has 1 aliphatic rings. The Labute approximate surface area is 115 Å². The van der Waals surface area contributed by atoms with E-state index in [1.54, 1.807) is 6.20 Å². The van der Waals surface area contributed by atoms with E-state index in [9.17, 15) is 4.79 Å². The van der Waals surface area contributed by atoms with Crippen LogP contribution in [0.3, 0.4) is 0 Å². The number of nitrogens with zero attached hydrogens (tertiary/aromatic N) is 2. The fourth-order valence-electron chi connectivity index (χ4n) is 2.32. The van der Waals surface area contributed by atoms with Crippen LogP contribution < -0.4 is 10.9 Å². The molecule has 0 aliphatic heterocycles. The molecule has 1 fully saturated rings. The highest BCUT2D eigenvalue weighted by Crippen LogP contribution is 2.28. The fourth-order valence-corrected chi connectivity index (χ4v) is 2.74. The van der Waals surface area contributed by atoms with Crippen molar-refractivity contribution < 1.29 is 0 Å². The molecule has 2 unspecified atom stereocenters. The van der Waals surface area contributed by atoms with Gasteiger partial charge in [0.05, 0.1) is 11.9 Å². The van der Waals surface area contributed by atoms with Gasteiger partial charge in [0.25, 0.3) is 5.56 Å². The van der Waals surface area contributed by atoms with Crippen LogP contribution in [0.25, 0.3) is 0 Å². The van der Waals surface area contributed by atoms with Crippen LogP contribution >= 0.6 is 15.9 Å². The Balaban J connectivity index is 2.17. The highest BCUT2D eigenvalue weighted by Gasteiger charge is 2.22. The summed E-state index contributed by atoms with van der Waals surface area (Å²) in [7, 11) is 0. The zero-order valence-corrected chi connectivity index (χ0v) is 11.9. The van der Waals surface area contributed by atoms with Crippen LogP contribution in [0.5, 0.6) is 0 Å². The minimum absolute atomic E-state index is 0.191. The van der Waals surface area contributed by atoms with Gasteiger partial charge in [0.15, 0.2) is 0 Å². The van der Waals surface area contributed by atoms with E-state index in [0.717, 1.165) is 24.4 Å². The summed E-state index contributed by atoms with van der Waals surface area (Å²) in [4.78, 5) is 11.9. The van der Waals surface area contributed by atoms with Gasteiger partial charge in [0.2, 0.25) is 0 Å². The second-order valence-corrected chi connectivity index (χ2v) is 5.59. The second kappa shape index (κ2) is 5.57. The highest BCUT2D eigenvalue weighted by molar-refractivity contribution is 9.10. The standard InChI is InChI=1S/C13H16BrN3O/c1-3-6-17-13(18)12(14)11(8-15-17)16-10-5-4-9(2)7-10/h1,8-10,16H,4-7H2,2H3. The summed E-state index contributed by atoms with van der Waals surface area (Å²) < 4.78 is 1.78. The molecular weight excluding hydrogens is 294 g/mol. The van der Waals surface area contributed by atoms with E-state index >= 15 is 0 Å². The van der Waals surface area contributed by atoms with Crippen LogP contribution in [-0.2, 0) is 6.54 Å². The monoisotopic (exact) mass is 309 g/mol. The van der Waals surface area contributed by atoms with E-state index in [1.165, 1.54) is 11.1 Å². The van der Waals surface area contributed by atoms with Crippen LogP contribution in [0, 0.1) is 18.3 Å². The first kappa shape index (κ1) is 13.2. The number of hydrogen-bond donors (Lipinski definition) is 1. The lowest BCUT2D eigenvalue weighted by Crippen LogP contribution is -2.26. The molecule has 0 spiro atoms. The van der Waals surface area contributed by atoms with Gasteiger partial charge in [-0.15, -0.1) is 6.42 Å². The van der Waals surface area contributed by atoms with Crippen LogP contribution in [0.15, 0.2) is 15.5 Å². The maximum absolute atomic E-state index is 11.9. The maximum Gasteiger partial charge on any atom is 0.284 e. The lowest BCUT2D eigenvalue weighted by atomic mass is 10.1. The van der Waals surface area contributed by atoms with E-state index in [4.69, 9.17) is 6.42 Å². The quantitative estimate of drug-likeness (QED) is 0.871. The summed E-state index contributed by atoms with van der Waals surface area (Å²) in [5.74, 6) is 3.16. The summed E-state index contributed by atoms with van der Waals surface area (Å²) in [6.45, 7) is 2.44. The molecule has 5 heteroatoms. The van der Waals surface area contributed by atoms with Crippen LogP contribution in [-0.4, -0.2) is 15.8 Å². The first-order valence-corrected chi connectivity index (χ1v) is 6.86. The Kier molecular flexibility index (Phi) is 4.07. The molecular formula is C13H16BrN3O. The Morgan fingerprint density at radius 3 is 3.06 bits per heavy atom. The van der Waals surface area contributed by atoms with Crippen molar-refractivity contribution in [2.45, 2.75) is 38.8 Å². The Morgan fingerprint density at radius 1 is 1.67 bits per heavy atom. The second-order valence-electron chi connectivity index (χ2n) is 4.80. The Morgan fingerprint density at radius 2 is 2.44 bits per heavy atom. The number of nitrogens with one attached hydrogen (secondary N) is 1. The van der Waals surface area contributed by atoms with E-state index < -0.39 is 0 Å². The summed E-state index contributed by atoms with van der Waals surface area (Å²) in [6, 6.07) is 0.431. The van der Waals surface area contributed by atoms with Crippen molar-refractivity contribution in [2.75, 3.05) is 5.32 Å². The summed E-state index contributed by atoms with van der Waals surface area (Å²) in [5.41, 5.74) is 0.566. The SMILES string of the molecule is C#CCn1ncc(NC2CCC(C)C2)c(Br)c1=O. The predicted octanol–water partition coefficient (Wildman–Crippen LogP) is 2.24. The lowest BCUT2D eigenvalue weighted by molar-refractivity contribution is 0.602. The first-order chi connectivity index (χ1) is 8.61. The number of rotatable bonds is 3. The molecule has 1 N–H and O–H groups in total.